The minimum Gasteiger partial charge on any atom is -0.480 e. The number of carboxylic acids is 1. The molecule has 1 aromatic carbocycles. The highest BCUT2D eigenvalue weighted by molar-refractivity contribution is 9.10. The van der Waals surface area contributed by atoms with Crippen molar-refractivity contribution in [2.45, 2.75) is 18.4 Å². The molecule has 0 radical (unpaired) electrons. The molecular weight excluding hydrogens is 323 g/mol. The van der Waals surface area contributed by atoms with Gasteiger partial charge in [0.25, 0.3) is 0 Å². The number of amides is 2. The molecule has 0 bridgehead atoms. The molecule has 0 atom stereocenters. The van der Waals surface area contributed by atoms with Crippen LogP contribution in [0.1, 0.15) is 12.8 Å². The van der Waals surface area contributed by atoms with Crippen LogP contribution in [0.3, 0.4) is 0 Å². The molecule has 2 amide bonds. The van der Waals surface area contributed by atoms with Gasteiger partial charge in [0.15, 0.2) is 0 Å². The van der Waals surface area contributed by atoms with E-state index < -0.39 is 17.5 Å². The Hall–Kier alpha value is -1.27. The Balaban J connectivity index is 1.99. The maximum absolute atomic E-state index is 11.6. The van der Waals surface area contributed by atoms with Crippen molar-refractivity contribution in [2.24, 2.45) is 0 Å². The first kappa shape index (κ1) is 13.2. The van der Waals surface area contributed by atoms with Gasteiger partial charge in [0, 0.05) is 10.2 Å². The fourth-order valence-corrected chi connectivity index (χ4v) is 1.90. The molecule has 18 heavy (non-hydrogen) atoms. The van der Waals surface area contributed by atoms with Crippen molar-refractivity contribution < 1.29 is 14.7 Å². The second-order valence-electron chi connectivity index (χ2n) is 4.10. The van der Waals surface area contributed by atoms with Crippen LogP contribution < -0.4 is 10.6 Å². The molecule has 5 nitrogen and oxygen atoms in total. The van der Waals surface area contributed by atoms with Crippen molar-refractivity contribution >= 4 is 45.2 Å². The fraction of sp³-hybridized carbons (Fsp3) is 0.273. The third-order valence-corrected chi connectivity index (χ3v) is 3.92. The molecule has 0 unspecified atom stereocenters. The van der Waals surface area contributed by atoms with Crippen molar-refractivity contribution in [1.29, 1.82) is 0 Å². The van der Waals surface area contributed by atoms with E-state index in [1.54, 1.807) is 18.2 Å². The highest BCUT2D eigenvalue weighted by Crippen LogP contribution is 2.35. The van der Waals surface area contributed by atoms with Crippen molar-refractivity contribution in [1.82, 2.24) is 5.32 Å². The first-order valence-electron chi connectivity index (χ1n) is 5.20. The van der Waals surface area contributed by atoms with Crippen LogP contribution in [-0.2, 0) is 4.79 Å². The molecule has 7 heteroatoms. The summed E-state index contributed by atoms with van der Waals surface area (Å²) < 4.78 is 0.722. The molecule has 0 aliphatic heterocycles. The minimum absolute atomic E-state index is 0.455. The Labute approximate surface area is 117 Å². The molecule has 3 N–H and O–H groups in total. The second kappa shape index (κ2) is 4.78. The zero-order valence-corrected chi connectivity index (χ0v) is 11.5. The molecule has 1 saturated carbocycles. The van der Waals surface area contributed by atoms with E-state index in [1.165, 1.54) is 0 Å². The van der Waals surface area contributed by atoms with Crippen LogP contribution >= 0.6 is 27.5 Å². The highest BCUT2D eigenvalue weighted by atomic mass is 79.9. The monoisotopic (exact) mass is 332 g/mol. The number of carbonyl (C=O) groups excluding carboxylic acids is 1. The number of nitrogens with one attached hydrogen (secondary N) is 2. The summed E-state index contributed by atoms with van der Waals surface area (Å²) in [4.78, 5) is 22.5. The van der Waals surface area contributed by atoms with E-state index in [0.717, 1.165) is 4.47 Å². The van der Waals surface area contributed by atoms with Gasteiger partial charge >= 0.3 is 12.0 Å². The van der Waals surface area contributed by atoms with E-state index in [1.807, 2.05) is 0 Å². The Morgan fingerprint density at radius 2 is 2.06 bits per heavy atom. The Morgan fingerprint density at radius 1 is 1.39 bits per heavy atom. The summed E-state index contributed by atoms with van der Waals surface area (Å²) in [5, 5.41) is 14.4. The summed E-state index contributed by atoms with van der Waals surface area (Å²) in [6.07, 6.45) is 0.910. The number of urea groups is 1. The van der Waals surface area contributed by atoms with E-state index in [9.17, 15) is 9.59 Å². The summed E-state index contributed by atoms with van der Waals surface area (Å²) in [6, 6.07) is 4.39. The van der Waals surface area contributed by atoms with Gasteiger partial charge in [-0.05, 0) is 47.0 Å². The maximum atomic E-state index is 11.6. The normalized spacial score (nSPS) is 15.9. The fourth-order valence-electron chi connectivity index (χ4n) is 1.47. The van der Waals surface area contributed by atoms with Gasteiger partial charge < -0.3 is 15.7 Å². The number of rotatable bonds is 3. The first-order valence-corrected chi connectivity index (χ1v) is 6.38. The SMILES string of the molecule is O=C(Nc1ccc(Br)c(Cl)c1)NC1(C(=O)O)CC1. The summed E-state index contributed by atoms with van der Waals surface area (Å²) in [7, 11) is 0. The first-order chi connectivity index (χ1) is 8.43. The van der Waals surface area contributed by atoms with Crippen LogP contribution in [0, 0.1) is 0 Å². The van der Waals surface area contributed by atoms with Gasteiger partial charge in [-0.3, -0.25) is 0 Å². The summed E-state index contributed by atoms with van der Waals surface area (Å²) in [6.45, 7) is 0. The average Bonchev–Trinajstić information content (AvgIpc) is 3.04. The van der Waals surface area contributed by atoms with Crippen LogP contribution in [0.15, 0.2) is 22.7 Å². The summed E-state index contributed by atoms with van der Waals surface area (Å²) in [5.74, 6) is -1.01. The van der Waals surface area contributed by atoms with Gasteiger partial charge in [-0.15, -0.1) is 0 Å². The number of hydrogen-bond acceptors (Lipinski definition) is 2. The van der Waals surface area contributed by atoms with Gasteiger partial charge in [-0.1, -0.05) is 11.6 Å². The third kappa shape index (κ3) is 2.76. The molecule has 1 aromatic rings. The van der Waals surface area contributed by atoms with Gasteiger partial charge in [0.2, 0.25) is 0 Å². The van der Waals surface area contributed by atoms with Crippen molar-refractivity contribution in [2.75, 3.05) is 5.32 Å². The molecule has 0 saturated heterocycles. The van der Waals surface area contributed by atoms with E-state index in [4.69, 9.17) is 16.7 Å². The Morgan fingerprint density at radius 3 is 2.56 bits per heavy atom. The Kier molecular flexibility index (Phi) is 3.49. The number of halogens is 2. The van der Waals surface area contributed by atoms with Gasteiger partial charge in [0.05, 0.1) is 5.02 Å². The zero-order valence-electron chi connectivity index (χ0n) is 9.17. The molecule has 2 rings (SSSR count). The predicted octanol–water partition coefficient (Wildman–Crippen LogP) is 2.84. The van der Waals surface area contributed by atoms with Crippen LogP contribution in [0.4, 0.5) is 10.5 Å². The lowest BCUT2D eigenvalue weighted by molar-refractivity contribution is -0.140. The number of anilines is 1. The molecule has 0 heterocycles. The molecule has 0 aromatic heterocycles. The van der Waals surface area contributed by atoms with Crippen LogP contribution in [0.25, 0.3) is 0 Å². The molecular formula is C11H10BrClN2O3. The van der Waals surface area contributed by atoms with Gasteiger partial charge in [-0.2, -0.15) is 0 Å². The number of hydrogen-bond donors (Lipinski definition) is 3. The lowest BCUT2D eigenvalue weighted by atomic mass is 10.3. The lowest BCUT2D eigenvalue weighted by Gasteiger charge is -2.13. The molecule has 0 spiro atoms. The quantitative estimate of drug-likeness (QED) is 0.796. The molecule has 1 fully saturated rings. The van der Waals surface area contributed by atoms with Crippen LogP contribution in [-0.4, -0.2) is 22.6 Å². The second-order valence-corrected chi connectivity index (χ2v) is 5.36. The standard InChI is InChI=1S/C11H10BrClN2O3/c12-7-2-1-6(5-8(7)13)14-10(18)15-11(3-4-11)9(16)17/h1-2,5H,3-4H2,(H,16,17)(H2,14,15,18). The van der Waals surface area contributed by atoms with E-state index in [2.05, 4.69) is 26.6 Å². The maximum Gasteiger partial charge on any atom is 0.329 e. The number of carbonyl (C=O) groups is 2. The van der Waals surface area contributed by atoms with Gasteiger partial charge in [0.1, 0.15) is 5.54 Å². The van der Waals surface area contributed by atoms with Gasteiger partial charge in [-0.25, -0.2) is 9.59 Å². The number of aliphatic carboxylic acids is 1. The predicted molar refractivity (Wildman–Crippen MR) is 70.9 cm³/mol. The summed E-state index contributed by atoms with van der Waals surface area (Å²) in [5.41, 5.74) is -0.592. The Bertz CT molecular complexity index is 517. The van der Waals surface area contributed by atoms with Crippen molar-refractivity contribution in [3.05, 3.63) is 27.7 Å². The molecule has 1 aliphatic rings. The molecule has 96 valence electrons. The molecule has 1 aliphatic carbocycles. The third-order valence-electron chi connectivity index (χ3n) is 2.69. The number of benzene rings is 1. The summed E-state index contributed by atoms with van der Waals surface area (Å²) >= 11 is 9.12. The average molecular weight is 334 g/mol. The van der Waals surface area contributed by atoms with Crippen LogP contribution in [0.2, 0.25) is 5.02 Å². The highest BCUT2D eigenvalue weighted by Gasteiger charge is 2.51. The number of carboxylic acid groups (broad SMARTS) is 1. The van der Waals surface area contributed by atoms with E-state index >= 15 is 0 Å². The van der Waals surface area contributed by atoms with Crippen molar-refractivity contribution in [3.8, 4) is 0 Å². The largest absolute Gasteiger partial charge is 0.480 e. The zero-order chi connectivity index (χ0) is 13.3. The smallest absolute Gasteiger partial charge is 0.329 e. The van der Waals surface area contributed by atoms with Crippen LogP contribution in [0.5, 0.6) is 0 Å². The lowest BCUT2D eigenvalue weighted by Crippen LogP contribution is -2.45. The minimum atomic E-state index is -1.09. The van der Waals surface area contributed by atoms with Crippen molar-refractivity contribution in [3.63, 3.8) is 0 Å². The van der Waals surface area contributed by atoms with E-state index in [0.29, 0.717) is 23.6 Å². The topological polar surface area (TPSA) is 78.4 Å². The van der Waals surface area contributed by atoms with E-state index in [-0.39, 0.29) is 0 Å².